The van der Waals surface area contributed by atoms with E-state index in [0.29, 0.717) is 17.9 Å². The molecule has 4 amide bonds. The fourth-order valence-electron chi connectivity index (χ4n) is 2.76. The maximum absolute atomic E-state index is 12.9. The fraction of sp³-hybridized carbons (Fsp3) is 0.579. The molecule has 0 saturated carbocycles. The Morgan fingerprint density at radius 1 is 1.06 bits per heavy atom. The zero-order valence-electron chi connectivity index (χ0n) is 18.7. The van der Waals surface area contributed by atoms with Gasteiger partial charge in [-0.15, -0.1) is 0 Å². The Kier molecular flexibility index (Phi) is 12.6. The number of carbonyl (C=O) groups excluding carboxylic acids is 4. The summed E-state index contributed by atoms with van der Waals surface area (Å²) >= 11 is 1.51. The van der Waals surface area contributed by atoms with Crippen LogP contribution in [0.15, 0.2) is 12.5 Å². The van der Waals surface area contributed by atoms with E-state index in [0.717, 1.165) is 0 Å². The highest BCUT2D eigenvalue weighted by atomic mass is 32.2. The predicted molar refractivity (Wildman–Crippen MR) is 122 cm³/mol. The van der Waals surface area contributed by atoms with Gasteiger partial charge >= 0.3 is 5.97 Å². The zero-order chi connectivity index (χ0) is 25.7. The monoisotopic (exact) mass is 501 g/mol. The summed E-state index contributed by atoms with van der Waals surface area (Å²) in [6.07, 6.45) is 4.52. The third-order valence-electron chi connectivity index (χ3n) is 4.69. The van der Waals surface area contributed by atoms with Crippen LogP contribution in [-0.2, 0) is 30.4 Å². The molecule has 0 radical (unpaired) electrons. The van der Waals surface area contributed by atoms with Gasteiger partial charge < -0.3 is 42.6 Å². The van der Waals surface area contributed by atoms with Crippen LogP contribution in [0, 0.1) is 0 Å². The van der Waals surface area contributed by atoms with Gasteiger partial charge in [-0.3, -0.25) is 19.2 Å². The van der Waals surface area contributed by atoms with Crippen molar-refractivity contribution in [3.63, 3.8) is 0 Å². The first-order valence-corrected chi connectivity index (χ1v) is 11.7. The second kappa shape index (κ2) is 14.9. The number of aliphatic hydroxyl groups excluding tert-OH is 1. The Labute approximate surface area is 200 Å². The van der Waals surface area contributed by atoms with Crippen molar-refractivity contribution in [3.8, 4) is 0 Å². The van der Waals surface area contributed by atoms with Crippen LogP contribution in [0.4, 0.5) is 0 Å². The molecule has 14 nitrogen and oxygen atoms in total. The lowest BCUT2D eigenvalue weighted by Gasteiger charge is -2.24. The number of thioether (sulfide) groups is 1. The summed E-state index contributed by atoms with van der Waals surface area (Å²) in [7, 11) is 0. The normalized spacial score (nSPS) is 14.3. The minimum atomic E-state index is -1.52. The van der Waals surface area contributed by atoms with Crippen LogP contribution in [0.2, 0.25) is 0 Å². The molecule has 1 aromatic heterocycles. The van der Waals surface area contributed by atoms with Crippen molar-refractivity contribution in [2.45, 2.75) is 49.9 Å². The van der Waals surface area contributed by atoms with E-state index in [4.69, 9.17) is 11.5 Å². The topological polar surface area (TPSA) is 243 Å². The van der Waals surface area contributed by atoms with Gasteiger partial charge in [-0.2, -0.15) is 11.8 Å². The largest absolute Gasteiger partial charge is 0.480 e. The quantitative estimate of drug-likeness (QED) is 0.113. The lowest BCUT2D eigenvalue weighted by atomic mass is 10.1. The standard InChI is InChI=1S/C19H31N7O7S/c1-34-5-4-11(20)16(29)25-13(6-10-7-22-9-23-10)17(30)26-14(8-27)18(31)24-12(19(32)33)2-3-15(21)28/h7,9,11-14,27H,2-6,8,20H2,1H3,(H2,21,28)(H,22,23)(H,24,31)(H,25,29)(H,26,30)(H,32,33). The highest BCUT2D eigenvalue weighted by molar-refractivity contribution is 7.98. The number of carbonyl (C=O) groups is 5. The molecule has 0 aliphatic carbocycles. The van der Waals surface area contributed by atoms with Crippen molar-refractivity contribution < 1.29 is 34.2 Å². The Morgan fingerprint density at radius 3 is 2.21 bits per heavy atom. The van der Waals surface area contributed by atoms with Gasteiger partial charge in [-0.1, -0.05) is 0 Å². The molecule has 0 aromatic carbocycles. The number of aromatic nitrogens is 2. The zero-order valence-corrected chi connectivity index (χ0v) is 19.5. The average Bonchev–Trinajstić information content (AvgIpc) is 3.30. The number of nitrogens with zero attached hydrogens (tertiary/aromatic N) is 1. The molecule has 0 bridgehead atoms. The number of nitrogens with two attached hydrogens (primary N) is 2. The highest BCUT2D eigenvalue weighted by Crippen LogP contribution is 2.04. The summed E-state index contributed by atoms with van der Waals surface area (Å²) < 4.78 is 0. The number of imidazole rings is 1. The van der Waals surface area contributed by atoms with Crippen LogP contribution in [-0.4, -0.2) is 92.6 Å². The van der Waals surface area contributed by atoms with Gasteiger partial charge in [0, 0.05) is 24.7 Å². The molecule has 1 rings (SSSR count). The molecule has 0 spiro atoms. The molecule has 0 saturated heterocycles. The number of hydrogen-bond acceptors (Lipinski definition) is 9. The molecule has 190 valence electrons. The minimum Gasteiger partial charge on any atom is -0.480 e. The van der Waals surface area contributed by atoms with Gasteiger partial charge in [0.1, 0.15) is 18.1 Å². The van der Waals surface area contributed by atoms with E-state index in [9.17, 15) is 34.2 Å². The minimum absolute atomic E-state index is 0.0110. The van der Waals surface area contributed by atoms with Crippen molar-refractivity contribution in [1.29, 1.82) is 0 Å². The van der Waals surface area contributed by atoms with E-state index in [1.54, 1.807) is 0 Å². The average molecular weight is 502 g/mol. The molecule has 4 atom stereocenters. The number of aliphatic carboxylic acids is 1. The smallest absolute Gasteiger partial charge is 0.326 e. The van der Waals surface area contributed by atoms with Crippen LogP contribution in [0.25, 0.3) is 0 Å². The van der Waals surface area contributed by atoms with Gasteiger partial charge in [-0.05, 0) is 24.9 Å². The third kappa shape index (κ3) is 10.2. The van der Waals surface area contributed by atoms with Gasteiger partial charge in [0.25, 0.3) is 0 Å². The van der Waals surface area contributed by atoms with E-state index in [1.165, 1.54) is 24.3 Å². The van der Waals surface area contributed by atoms with Crippen LogP contribution >= 0.6 is 11.8 Å². The highest BCUT2D eigenvalue weighted by Gasteiger charge is 2.30. The molecule has 0 aliphatic heterocycles. The maximum atomic E-state index is 12.9. The van der Waals surface area contributed by atoms with Crippen LogP contribution in [0.3, 0.4) is 0 Å². The van der Waals surface area contributed by atoms with E-state index in [-0.39, 0.29) is 19.3 Å². The Balaban J connectivity index is 2.89. The Bertz CT molecular complexity index is 837. The lowest BCUT2D eigenvalue weighted by Crippen LogP contribution is -2.58. The second-order valence-electron chi connectivity index (χ2n) is 7.38. The summed E-state index contributed by atoms with van der Waals surface area (Å²) in [5.74, 6) is -3.90. The van der Waals surface area contributed by atoms with Crippen LogP contribution < -0.4 is 27.4 Å². The van der Waals surface area contributed by atoms with E-state index in [1.807, 2.05) is 6.26 Å². The summed E-state index contributed by atoms with van der Waals surface area (Å²) in [6.45, 7) is -0.850. The van der Waals surface area contributed by atoms with E-state index >= 15 is 0 Å². The number of carboxylic acid groups (broad SMARTS) is 1. The van der Waals surface area contributed by atoms with Crippen molar-refractivity contribution in [1.82, 2.24) is 25.9 Å². The number of nitrogens with one attached hydrogen (secondary N) is 4. The van der Waals surface area contributed by atoms with Gasteiger partial charge in [0.15, 0.2) is 0 Å². The molecule has 0 fully saturated rings. The second-order valence-corrected chi connectivity index (χ2v) is 8.36. The lowest BCUT2D eigenvalue weighted by molar-refractivity contribution is -0.143. The predicted octanol–water partition coefficient (Wildman–Crippen LogP) is -3.17. The van der Waals surface area contributed by atoms with Crippen molar-refractivity contribution in [2.24, 2.45) is 11.5 Å². The summed E-state index contributed by atoms with van der Waals surface area (Å²) in [4.78, 5) is 66.7. The van der Waals surface area contributed by atoms with E-state index < -0.39 is 60.4 Å². The first-order chi connectivity index (χ1) is 16.1. The summed E-state index contributed by atoms with van der Waals surface area (Å²) in [5.41, 5.74) is 11.4. The molecular weight excluding hydrogens is 470 g/mol. The first kappa shape index (κ1) is 28.9. The Hall–Kier alpha value is -3.17. The number of hydrogen-bond donors (Lipinski definition) is 8. The fourth-order valence-corrected chi connectivity index (χ4v) is 3.25. The number of aromatic amines is 1. The summed E-state index contributed by atoms with van der Waals surface area (Å²) in [5, 5.41) is 25.8. The number of aliphatic hydroxyl groups is 1. The molecule has 34 heavy (non-hydrogen) atoms. The van der Waals surface area contributed by atoms with Gasteiger partial charge in [-0.25, -0.2) is 9.78 Å². The van der Waals surface area contributed by atoms with Crippen LogP contribution in [0.1, 0.15) is 25.0 Å². The first-order valence-electron chi connectivity index (χ1n) is 10.3. The van der Waals surface area contributed by atoms with Crippen LogP contribution in [0.5, 0.6) is 0 Å². The number of H-pyrrole nitrogens is 1. The SMILES string of the molecule is CSCCC(N)C(=O)NC(Cc1cnc[nH]1)C(=O)NC(CO)C(=O)NC(CCC(N)=O)C(=O)O. The molecule has 4 unspecified atom stereocenters. The third-order valence-corrected chi connectivity index (χ3v) is 5.34. The van der Waals surface area contributed by atoms with Crippen molar-refractivity contribution in [3.05, 3.63) is 18.2 Å². The molecular formula is C19H31N7O7S. The number of primary amides is 1. The van der Waals surface area contributed by atoms with E-state index in [2.05, 4.69) is 25.9 Å². The van der Waals surface area contributed by atoms with Crippen molar-refractivity contribution >= 4 is 41.4 Å². The Morgan fingerprint density at radius 2 is 1.68 bits per heavy atom. The van der Waals surface area contributed by atoms with Gasteiger partial charge in [0.2, 0.25) is 23.6 Å². The molecule has 0 aliphatic rings. The van der Waals surface area contributed by atoms with Crippen molar-refractivity contribution in [2.75, 3.05) is 18.6 Å². The summed E-state index contributed by atoms with van der Waals surface area (Å²) in [6, 6.07) is -5.00. The maximum Gasteiger partial charge on any atom is 0.326 e. The van der Waals surface area contributed by atoms with Gasteiger partial charge in [0.05, 0.1) is 19.0 Å². The molecule has 1 aromatic rings. The molecule has 1 heterocycles. The number of amides is 4. The number of carboxylic acids is 1. The molecule has 15 heteroatoms. The number of rotatable bonds is 16. The molecule has 10 N–H and O–H groups in total.